The summed E-state index contributed by atoms with van der Waals surface area (Å²) in [5.74, 6) is -0.586. The molecule has 0 bridgehead atoms. The summed E-state index contributed by atoms with van der Waals surface area (Å²) >= 11 is 0. The van der Waals surface area contributed by atoms with Gasteiger partial charge in [0.15, 0.2) is 18.7 Å². The van der Waals surface area contributed by atoms with Crippen LogP contribution in [0.25, 0.3) is 71.3 Å². The summed E-state index contributed by atoms with van der Waals surface area (Å²) in [6.07, 6.45) is 14.8. The van der Waals surface area contributed by atoms with E-state index in [-0.39, 0.29) is 30.3 Å². The Morgan fingerprint density at radius 1 is 0.552 bits per heavy atom. The number of methoxy groups -OCH3 is 2. The molecule has 4 unspecified atom stereocenters. The van der Waals surface area contributed by atoms with Crippen LogP contribution in [0.3, 0.4) is 0 Å². The number of carbonyl (C=O) groups is 4. The lowest BCUT2D eigenvalue weighted by Gasteiger charge is -2.20. The molecule has 13 aromatic rings. The van der Waals surface area contributed by atoms with Gasteiger partial charge in [0.25, 0.3) is 0 Å². The quantitative estimate of drug-likeness (QED) is 0.0402. The lowest BCUT2D eigenvalue weighted by Crippen LogP contribution is -2.22. The first-order valence-corrected chi connectivity index (χ1v) is 32.7. The number of esters is 1. The molecular formula is C83H72N4O9. The Morgan fingerprint density at radius 2 is 1.03 bits per heavy atom. The summed E-state index contributed by atoms with van der Waals surface area (Å²) in [7, 11) is 3.15. The number of aliphatic hydroxyl groups is 1. The van der Waals surface area contributed by atoms with Gasteiger partial charge in [0.05, 0.1) is 24.6 Å². The van der Waals surface area contributed by atoms with Gasteiger partial charge in [0.1, 0.15) is 11.7 Å². The minimum Gasteiger partial charge on any atom is -0.479 e. The maximum atomic E-state index is 12.7. The van der Waals surface area contributed by atoms with Crippen LogP contribution < -0.4 is 0 Å². The number of rotatable bonds is 16. The van der Waals surface area contributed by atoms with Crippen molar-refractivity contribution in [2.24, 2.45) is 5.92 Å². The van der Waals surface area contributed by atoms with Crippen molar-refractivity contribution in [3.63, 3.8) is 0 Å². The summed E-state index contributed by atoms with van der Waals surface area (Å²) in [6, 6.07) is 64.8. The van der Waals surface area contributed by atoms with Crippen molar-refractivity contribution in [1.82, 2.24) is 19.9 Å². The number of aldehydes is 2. The van der Waals surface area contributed by atoms with E-state index < -0.39 is 12.1 Å². The van der Waals surface area contributed by atoms with Gasteiger partial charge in [0, 0.05) is 115 Å². The number of carboxylic acids is 1. The van der Waals surface area contributed by atoms with E-state index in [0.29, 0.717) is 23.5 Å². The van der Waals surface area contributed by atoms with Gasteiger partial charge in [0.2, 0.25) is 0 Å². The van der Waals surface area contributed by atoms with Crippen LogP contribution in [0, 0.1) is 5.92 Å². The van der Waals surface area contributed by atoms with Crippen LogP contribution in [0.4, 0.5) is 0 Å². The molecule has 4 aliphatic rings. The van der Waals surface area contributed by atoms with Crippen LogP contribution in [-0.4, -0.2) is 75.0 Å². The molecule has 6 N–H and O–H groups in total. The number of aromatic amines is 4. The first-order chi connectivity index (χ1) is 47.0. The Labute approximate surface area is 554 Å². The fourth-order valence-electron chi connectivity index (χ4n) is 14.6. The average molecular weight is 1270 g/mol. The second-order valence-corrected chi connectivity index (χ2v) is 25.0. The fourth-order valence-corrected chi connectivity index (χ4v) is 14.6. The molecular weight excluding hydrogens is 1200 g/mol. The molecule has 1 fully saturated rings. The lowest BCUT2D eigenvalue weighted by atomic mass is 9.85. The number of para-hydroxylation sites is 5. The van der Waals surface area contributed by atoms with Gasteiger partial charge in [-0.15, -0.1) is 0 Å². The monoisotopic (exact) mass is 1270 g/mol. The van der Waals surface area contributed by atoms with Crippen molar-refractivity contribution in [2.75, 3.05) is 14.2 Å². The van der Waals surface area contributed by atoms with Crippen LogP contribution in [0.15, 0.2) is 223 Å². The Balaban J connectivity index is 0.000000110. The largest absolute Gasteiger partial charge is 0.479 e. The van der Waals surface area contributed by atoms with Crippen molar-refractivity contribution < 1.29 is 43.3 Å². The van der Waals surface area contributed by atoms with Gasteiger partial charge < -0.3 is 44.0 Å². The van der Waals surface area contributed by atoms with Crippen LogP contribution in [0.5, 0.6) is 0 Å². The van der Waals surface area contributed by atoms with E-state index in [1.807, 2.05) is 140 Å². The summed E-state index contributed by atoms with van der Waals surface area (Å²) < 4.78 is 16.6. The van der Waals surface area contributed by atoms with Gasteiger partial charge in [-0.05, 0) is 124 Å². The van der Waals surface area contributed by atoms with Crippen molar-refractivity contribution in [3.05, 3.63) is 303 Å². The fraction of sp³-hybridized carbons (Fsp3) is 0.181. The number of fused-ring (bicyclic) bond motifs is 8. The number of carbonyl (C=O) groups excluding carboxylic acids is 3. The first kappa shape index (κ1) is 62.3. The average Bonchev–Trinajstić information content (AvgIpc) is 1.60. The predicted octanol–water partition coefficient (Wildman–Crippen LogP) is 17.6. The van der Waals surface area contributed by atoms with Crippen molar-refractivity contribution in [3.8, 4) is 0 Å². The third-order valence-electron chi connectivity index (χ3n) is 19.5. The van der Waals surface area contributed by atoms with Crippen molar-refractivity contribution >= 4 is 95.8 Å². The third-order valence-corrected chi connectivity index (χ3v) is 19.5. The molecule has 0 radical (unpaired) electrons. The molecule has 1 saturated carbocycles. The number of ether oxygens (including phenoxy) is 2. The summed E-state index contributed by atoms with van der Waals surface area (Å²) in [5, 5.41) is 23.9. The van der Waals surface area contributed by atoms with Gasteiger partial charge in [-0.2, -0.15) is 0 Å². The number of aliphatic carboxylic acids is 1. The predicted molar refractivity (Wildman–Crippen MR) is 380 cm³/mol. The Hall–Kier alpha value is -11.1. The molecule has 96 heavy (non-hydrogen) atoms. The molecule has 17 rings (SSSR count). The highest BCUT2D eigenvalue weighted by molar-refractivity contribution is 6.07. The van der Waals surface area contributed by atoms with Gasteiger partial charge in [-0.25, -0.2) is 9.59 Å². The second kappa shape index (κ2) is 27.1. The van der Waals surface area contributed by atoms with E-state index in [9.17, 15) is 24.3 Å². The van der Waals surface area contributed by atoms with Crippen molar-refractivity contribution in [1.29, 1.82) is 0 Å². The number of allylic oxidation sites excluding steroid dienone is 5. The zero-order valence-corrected chi connectivity index (χ0v) is 53.5. The minimum atomic E-state index is -1.40. The molecule has 13 heteroatoms. The number of hydrogen-bond acceptors (Lipinski definition) is 8. The standard InChI is InChI=1S/C23H21NO2.C21H19NO3.C20H17NO2.C19H15NO2/c1-26-23(25)21-18-8-4-5-9-19(18)24-22(21)20(15-10-11-15)17-13-12-14-6-2-3-7-16(14)17;23-20(21(24)25)12-17-16-7-3-4-8-18(16)22-19(17)11-14-10-9-13-5-1-2-6-15(13)14;1-23-20(16-11-10-13-6-2-3-7-14(13)16)19-17(12-22)15-8-4-5-9-18(15)21-19;1-12(16-11-22-18-9-5-3-7-14(16)18)19-15(10-21)13-6-2-4-8-17(13)20-19/h2-9,13,15,20,24H,10-12H2,1H3;1-8,10,20,22-23H,9,11-12H2,(H,24,25);2-9,11-12,20-21H,10H2,1H3;2-12,20H,1H3. The van der Waals surface area contributed by atoms with E-state index in [0.717, 1.165) is 131 Å². The summed E-state index contributed by atoms with van der Waals surface area (Å²) in [5.41, 5.74) is 24.1. The van der Waals surface area contributed by atoms with Crippen LogP contribution >= 0.6 is 0 Å². The normalized spacial score (nSPS) is 14.8. The zero-order valence-electron chi connectivity index (χ0n) is 53.5. The molecule has 5 heterocycles. The topological polar surface area (TPSA) is 203 Å². The molecule has 8 aromatic carbocycles. The molecule has 4 atom stereocenters. The number of nitrogens with one attached hydrogen (secondary N) is 4. The third kappa shape index (κ3) is 11.9. The Bertz CT molecular complexity index is 5210. The summed E-state index contributed by atoms with van der Waals surface area (Å²) in [6.45, 7) is 2.09. The number of benzene rings is 8. The maximum absolute atomic E-state index is 12.7. The molecule has 0 aliphatic heterocycles. The molecule has 4 aliphatic carbocycles. The molecule has 0 saturated heterocycles. The van der Waals surface area contributed by atoms with E-state index >= 15 is 0 Å². The van der Waals surface area contributed by atoms with Crippen LogP contribution in [0.1, 0.15) is 136 Å². The minimum absolute atomic E-state index is 0.0521. The lowest BCUT2D eigenvalue weighted by molar-refractivity contribution is -0.146. The molecule has 5 aromatic heterocycles. The Kier molecular flexibility index (Phi) is 17.6. The van der Waals surface area contributed by atoms with E-state index in [4.69, 9.17) is 19.0 Å². The van der Waals surface area contributed by atoms with Gasteiger partial charge >= 0.3 is 11.9 Å². The maximum Gasteiger partial charge on any atom is 0.340 e. The highest BCUT2D eigenvalue weighted by Gasteiger charge is 2.40. The second-order valence-electron chi connectivity index (χ2n) is 25.0. The zero-order chi connectivity index (χ0) is 66.0. The highest BCUT2D eigenvalue weighted by Crippen LogP contribution is 2.53. The van der Waals surface area contributed by atoms with Crippen LogP contribution in [0.2, 0.25) is 0 Å². The first-order valence-electron chi connectivity index (χ1n) is 32.7. The Morgan fingerprint density at radius 3 is 1.64 bits per heavy atom. The molecule has 13 nitrogen and oxygen atoms in total. The number of H-pyrrole nitrogens is 4. The molecule has 478 valence electrons. The van der Waals surface area contributed by atoms with Crippen LogP contribution in [-0.2, 0) is 46.4 Å². The van der Waals surface area contributed by atoms with Gasteiger partial charge in [-0.3, -0.25) is 9.59 Å². The summed E-state index contributed by atoms with van der Waals surface area (Å²) in [4.78, 5) is 60.8. The van der Waals surface area contributed by atoms with E-state index in [1.54, 1.807) is 13.4 Å². The SMILES string of the molecule is CC(c1[nH]c2ccccc2c1C=O)c1coc2ccccc12.COC(=O)c1c(C(C2=CCc3ccccc32)C2CC2)[nH]c2ccccc12.COC(C1=CCc2ccccc21)c1[nH]c2ccccc2c1C=O.O=C(O)C(O)Cc1c(CC2=CCc3ccccc32)[nH]c2ccccc12. The molecule has 0 spiro atoms. The number of carboxylic acid groups (broad SMARTS) is 1. The van der Waals surface area contributed by atoms with E-state index in [1.165, 1.54) is 64.5 Å². The number of aromatic nitrogens is 4. The van der Waals surface area contributed by atoms with Crippen molar-refractivity contribution in [2.45, 2.75) is 75.9 Å². The number of hydrogen-bond donors (Lipinski definition) is 6. The molecule has 0 amide bonds. The highest BCUT2D eigenvalue weighted by atomic mass is 16.5. The van der Waals surface area contributed by atoms with E-state index in [2.05, 4.69) is 99.7 Å². The smallest absolute Gasteiger partial charge is 0.340 e. The van der Waals surface area contributed by atoms with Gasteiger partial charge in [-0.1, -0.05) is 189 Å². The number of furan rings is 1. The number of aliphatic hydroxyl groups excluding tert-OH is 1.